The number of aromatic nitrogens is 6. The minimum absolute atomic E-state index is 0.112. The predicted octanol–water partition coefficient (Wildman–Crippen LogP) is 3.32. The summed E-state index contributed by atoms with van der Waals surface area (Å²) in [6.07, 6.45) is 0. The van der Waals surface area contributed by atoms with Crippen molar-refractivity contribution < 1.29 is 9.47 Å². The van der Waals surface area contributed by atoms with Gasteiger partial charge in [0.15, 0.2) is 0 Å². The Hall–Kier alpha value is -3.59. The fourth-order valence-corrected chi connectivity index (χ4v) is 3.64. The lowest BCUT2D eigenvalue weighted by Crippen LogP contribution is -2.23. The lowest BCUT2D eigenvalue weighted by atomic mass is 10.1. The van der Waals surface area contributed by atoms with Gasteiger partial charge in [0, 0.05) is 12.7 Å². The number of hydrogen-bond donors (Lipinski definition) is 0. The summed E-state index contributed by atoms with van der Waals surface area (Å²) in [7, 11) is 3.09. The molecule has 166 valence electrons. The second-order valence-electron chi connectivity index (χ2n) is 7.37. The van der Waals surface area contributed by atoms with Gasteiger partial charge in [-0.25, -0.2) is 9.48 Å². The molecule has 4 rings (SSSR count). The van der Waals surface area contributed by atoms with Crippen LogP contribution in [-0.4, -0.2) is 36.7 Å². The normalized spacial score (nSPS) is 11.1. The van der Waals surface area contributed by atoms with Gasteiger partial charge in [0.1, 0.15) is 18.1 Å². The second kappa shape index (κ2) is 8.51. The molecule has 0 aliphatic heterocycles. The lowest BCUT2D eigenvalue weighted by molar-refractivity contribution is 0.296. The summed E-state index contributed by atoms with van der Waals surface area (Å²) in [6.45, 7) is 6.15. The number of methoxy groups -OCH3 is 1. The predicted molar refractivity (Wildman–Crippen MR) is 120 cm³/mol. The van der Waals surface area contributed by atoms with E-state index < -0.39 is 0 Å². The molecule has 0 amide bonds. The van der Waals surface area contributed by atoms with Gasteiger partial charge in [-0.3, -0.25) is 0 Å². The van der Waals surface area contributed by atoms with Crippen LogP contribution in [0.25, 0.3) is 11.4 Å². The van der Waals surface area contributed by atoms with E-state index in [0.29, 0.717) is 27.8 Å². The molecule has 0 atom stereocenters. The van der Waals surface area contributed by atoms with E-state index in [4.69, 9.17) is 21.1 Å². The second-order valence-corrected chi connectivity index (χ2v) is 7.77. The molecule has 2 heterocycles. The highest BCUT2D eigenvalue weighted by atomic mass is 35.5. The number of halogens is 1. The Morgan fingerprint density at radius 3 is 2.41 bits per heavy atom. The largest absolute Gasteiger partial charge is 0.496 e. The van der Waals surface area contributed by atoms with E-state index in [1.807, 2.05) is 37.6 Å². The third kappa shape index (κ3) is 3.75. The molecule has 10 heteroatoms. The summed E-state index contributed by atoms with van der Waals surface area (Å²) in [5.74, 6) is 1.06. The number of rotatable bonds is 6. The van der Waals surface area contributed by atoms with Gasteiger partial charge in [-0.05, 0) is 67.1 Å². The van der Waals surface area contributed by atoms with E-state index in [0.717, 1.165) is 27.3 Å². The molecule has 0 N–H and O–H groups in total. The Balaban J connectivity index is 1.65. The van der Waals surface area contributed by atoms with Crippen LogP contribution in [0.4, 0.5) is 0 Å². The zero-order chi connectivity index (χ0) is 23.0. The van der Waals surface area contributed by atoms with Crippen molar-refractivity contribution in [3.8, 4) is 22.9 Å². The van der Waals surface area contributed by atoms with Gasteiger partial charge in [-0.2, -0.15) is 14.5 Å². The zero-order valence-corrected chi connectivity index (χ0v) is 19.2. The standard InChI is InChI=1S/C22H23ClN6O3/c1-13-14(2)24-28(15(13)3)16-9-10-21(18(23)11-16)32-12-17-19(7-6-8-20(17)31-5)29-22(30)27(4)25-26-29/h6-11H,12H2,1-5H3. The molecule has 0 bridgehead atoms. The smallest absolute Gasteiger partial charge is 0.368 e. The van der Waals surface area contributed by atoms with E-state index in [-0.39, 0.29) is 12.3 Å². The monoisotopic (exact) mass is 454 g/mol. The van der Waals surface area contributed by atoms with Crippen LogP contribution in [0.2, 0.25) is 5.02 Å². The Labute approximate surface area is 189 Å². The van der Waals surface area contributed by atoms with Gasteiger partial charge in [0.25, 0.3) is 0 Å². The molecule has 0 fully saturated rings. The fraction of sp³-hybridized carbons (Fsp3) is 0.273. The SMILES string of the molecule is COc1cccc(-n2nnn(C)c2=O)c1COc1ccc(-n2nc(C)c(C)c2C)cc1Cl. The van der Waals surface area contributed by atoms with E-state index in [9.17, 15) is 4.79 Å². The number of nitrogens with zero attached hydrogens (tertiary/aromatic N) is 6. The fourth-order valence-electron chi connectivity index (χ4n) is 3.41. The first-order valence-electron chi connectivity index (χ1n) is 9.92. The van der Waals surface area contributed by atoms with Crippen molar-refractivity contribution in [2.75, 3.05) is 7.11 Å². The minimum atomic E-state index is -0.373. The average molecular weight is 455 g/mol. The third-order valence-corrected chi connectivity index (χ3v) is 5.76. The van der Waals surface area contributed by atoms with E-state index >= 15 is 0 Å². The lowest BCUT2D eigenvalue weighted by Gasteiger charge is -2.15. The van der Waals surface area contributed by atoms with Crippen molar-refractivity contribution in [3.05, 3.63) is 74.4 Å². The minimum Gasteiger partial charge on any atom is -0.496 e. The highest BCUT2D eigenvalue weighted by Crippen LogP contribution is 2.31. The highest BCUT2D eigenvalue weighted by Gasteiger charge is 2.17. The zero-order valence-electron chi connectivity index (χ0n) is 18.5. The van der Waals surface area contributed by atoms with Gasteiger partial charge in [-0.15, -0.1) is 0 Å². The summed E-state index contributed by atoms with van der Waals surface area (Å²) in [4.78, 5) is 12.4. The van der Waals surface area contributed by atoms with Crippen LogP contribution >= 0.6 is 11.6 Å². The molecule has 0 saturated heterocycles. The molecule has 0 unspecified atom stereocenters. The van der Waals surface area contributed by atoms with Gasteiger partial charge in [-0.1, -0.05) is 17.7 Å². The number of tetrazole rings is 1. The first-order valence-corrected chi connectivity index (χ1v) is 10.3. The van der Waals surface area contributed by atoms with Crippen molar-refractivity contribution in [3.63, 3.8) is 0 Å². The van der Waals surface area contributed by atoms with E-state index in [1.165, 1.54) is 11.7 Å². The quantitative estimate of drug-likeness (QED) is 0.444. The topological polar surface area (TPSA) is 89.0 Å². The molecule has 0 spiro atoms. The van der Waals surface area contributed by atoms with Crippen LogP contribution in [0.1, 0.15) is 22.5 Å². The highest BCUT2D eigenvalue weighted by molar-refractivity contribution is 6.32. The van der Waals surface area contributed by atoms with Crippen LogP contribution in [0.3, 0.4) is 0 Å². The third-order valence-electron chi connectivity index (χ3n) is 5.46. The molecule has 0 aliphatic rings. The molecule has 32 heavy (non-hydrogen) atoms. The van der Waals surface area contributed by atoms with E-state index in [2.05, 4.69) is 15.5 Å². The van der Waals surface area contributed by atoms with Crippen LogP contribution in [-0.2, 0) is 13.7 Å². The van der Waals surface area contributed by atoms with Crippen molar-refractivity contribution >= 4 is 11.6 Å². The molecular weight excluding hydrogens is 432 g/mol. The Kier molecular flexibility index (Phi) is 5.75. The molecule has 9 nitrogen and oxygen atoms in total. The molecule has 2 aromatic heterocycles. The number of hydrogen-bond acceptors (Lipinski definition) is 6. The molecule has 0 radical (unpaired) electrons. The van der Waals surface area contributed by atoms with Crippen LogP contribution in [0, 0.1) is 20.8 Å². The summed E-state index contributed by atoms with van der Waals surface area (Å²) < 4.78 is 15.7. The van der Waals surface area contributed by atoms with Crippen LogP contribution in [0.15, 0.2) is 41.2 Å². The van der Waals surface area contributed by atoms with Crippen LogP contribution in [0.5, 0.6) is 11.5 Å². The maximum Gasteiger partial charge on any atom is 0.368 e. The average Bonchev–Trinajstić information content (AvgIpc) is 3.25. The van der Waals surface area contributed by atoms with Gasteiger partial charge < -0.3 is 9.47 Å². The molecule has 0 saturated carbocycles. The Morgan fingerprint density at radius 2 is 1.81 bits per heavy atom. The number of ether oxygens (including phenoxy) is 2. The van der Waals surface area contributed by atoms with Gasteiger partial charge in [0.05, 0.1) is 34.8 Å². The summed E-state index contributed by atoms with van der Waals surface area (Å²) in [6, 6.07) is 10.8. The molecule has 2 aromatic carbocycles. The maximum atomic E-state index is 12.4. The molecular formula is C22H23ClN6O3. The summed E-state index contributed by atoms with van der Waals surface area (Å²) in [5.41, 5.74) is 4.81. The van der Waals surface area contributed by atoms with Crippen molar-refractivity contribution in [2.45, 2.75) is 27.4 Å². The van der Waals surface area contributed by atoms with Crippen molar-refractivity contribution in [1.82, 2.24) is 29.6 Å². The van der Waals surface area contributed by atoms with Gasteiger partial charge >= 0.3 is 5.69 Å². The van der Waals surface area contributed by atoms with Gasteiger partial charge in [0.2, 0.25) is 0 Å². The summed E-state index contributed by atoms with van der Waals surface area (Å²) in [5, 5.41) is 12.7. The maximum absolute atomic E-state index is 12.4. The molecule has 0 aliphatic carbocycles. The first kappa shape index (κ1) is 21.6. The van der Waals surface area contributed by atoms with Crippen molar-refractivity contribution in [2.24, 2.45) is 7.05 Å². The van der Waals surface area contributed by atoms with Crippen LogP contribution < -0.4 is 15.2 Å². The Morgan fingerprint density at radius 1 is 1.03 bits per heavy atom. The molecule has 4 aromatic rings. The number of benzene rings is 2. The van der Waals surface area contributed by atoms with E-state index in [1.54, 1.807) is 31.4 Å². The first-order chi connectivity index (χ1) is 15.3. The van der Waals surface area contributed by atoms with Crippen molar-refractivity contribution in [1.29, 1.82) is 0 Å². The summed E-state index contributed by atoms with van der Waals surface area (Å²) >= 11 is 6.53. The Bertz CT molecular complexity index is 1350. The number of aryl methyl sites for hydroxylation is 2.